The molecule has 0 saturated carbocycles. The largest absolute Gasteiger partial charge is 0.397 e. The van der Waals surface area contributed by atoms with E-state index >= 15 is 0 Å². The van der Waals surface area contributed by atoms with E-state index < -0.39 is 35.8 Å². The summed E-state index contributed by atoms with van der Waals surface area (Å²) >= 11 is 0. The molecule has 0 atom stereocenters. The highest BCUT2D eigenvalue weighted by Gasteiger charge is 2.20. The van der Waals surface area contributed by atoms with Crippen molar-refractivity contribution in [3.8, 4) is 0 Å². The van der Waals surface area contributed by atoms with E-state index in [4.69, 9.17) is 25.6 Å². The molecule has 0 spiro atoms. The molecular weight excluding hydrogens is 326 g/mol. The Morgan fingerprint density at radius 3 is 1.57 bits per heavy atom. The average molecular weight is 359 g/mol. The zero-order valence-corrected chi connectivity index (χ0v) is 14.8. The Morgan fingerprint density at radius 1 is 0.870 bits per heavy atom. The van der Waals surface area contributed by atoms with Gasteiger partial charge in [-0.25, -0.2) is 4.18 Å². The van der Waals surface area contributed by atoms with Crippen molar-refractivity contribution in [3.63, 3.8) is 0 Å². The van der Waals surface area contributed by atoms with Crippen LogP contribution in [0.4, 0.5) is 0 Å². The predicted octanol–water partition coefficient (Wildman–Crippen LogP) is 0.607. The van der Waals surface area contributed by atoms with Crippen molar-refractivity contribution in [2.24, 2.45) is 5.73 Å². The first kappa shape index (κ1) is 25.0. The Bertz CT molecular complexity index is 337. The minimum atomic E-state index is -4.23. The van der Waals surface area contributed by atoms with Gasteiger partial charge in [0.05, 0.1) is 32.0 Å². The molecule has 0 aliphatic heterocycles. The highest BCUT2D eigenvalue weighted by Crippen LogP contribution is 2.08. The second-order valence-corrected chi connectivity index (χ2v) is 6.65. The van der Waals surface area contributed by atoms with Gasteiger partial charge < -0.3 is 21.1 Å². The van der Waals surface area contributed by atoms with E-state index in [2.05, 4.69) is 11.1 Å². The molecule has 0 heterocycles. The maximum atomic E-state index is 10.2. The molecular formula is C14H33NO7S. The summed E-state index contributed by atoms with van der Waals surface area (Å²) in [4.78, 5) is 0. The number of aliphatic hydroxyl groups excluding tert-OH is 3. The molecule has 0 amide bonds. The summed E-state index contributed by atoms with van der Waals surface area (Å²) < 4.78 is 32.8. The number of aliphatic hydroxyl groups is 3. The number of rotatable bonds is 13. The number of hydrogen-bond donors (Lipinski definition) is 5. The molecule has 0 aromatic heterocycles. The molecule has 8 nitrogen and oxygen atoms in total. The van der Waals surface area contributed by atoms with Gasteiger partial charge in [-0.2, -0.15) is 8.42 Å². The second-order valence-electron chi connectivity index (χ2n) is 5.56. The van der Waals surface area contributed by atoms with Gasteiger partial charge in [0.1, 0.15) is 0 Å². The number of unbranched alkanes of at least 4 members (excludes halogenated alkanes) is 7. The highest BCUT2D eigenvalue weighted by atomic mass is 32.3. The van der Waals surface area contributed by atoms with Gasteiger partial charge >= 0.3 is 10.4 Å². The summed E-state index contributed by atoms with van der Waals surface area (Å²) in [7, 11) is -4.23. The SMILES string of the molecule is CCCCCCCCCCOS(=O)(=O)O.NC(CO)(CO)CO. The maximum absolute atomic E-state index is 10.2. The van der Waals surface area contributed by atoms with E-state index in [-0.39, 0.29) is 6.61 Å². The van der Waals surface area contributed by atoms with Gasteiger partial charge in [0.2, 0.25) is 0 Å². The summed E-state index contributed by atoms with van der Waals surface area (Å²) in [6.45, 7) is 1.07. The predicted molar refractivity (Wildman–Crippen MR) is 88.3 cm³/mol. The van der Waals surface area contributed by atoms with Crippen molar-refractivity contribution in [2.75, 3.05) is 26.4 Å². The zero-order chi connectivity index (χ0) is 18.2. The third-order valence-corrected chi connectivity index (χ3v) is 3.64. The van der Waals surface area contributed by atoms with Crippen molar-refractivity contribution >= 4 is 10.4 Å². The summed E-state index contributed by atoms with van der Waals surface area (Å²) in [6.07, 6.45) is 9.05. The van der Waals surface area contributed by atoms with Gasteiger partial charge in [0, 0.05) is 0 Å². The van der Waals surface area contributed by atoms with Gasteiger partial charge in [-0.05, 0) is 6.42 Å². The fourth-order valence-electron chi connectivity index (χ4n) is 1.55. The van der Waals surface area contributed by atoms with Crippen LogP contribution in [0.25, 0.3) is 0 Å². The van der Waals surface area contributed by atoms with E-state index in [9.17, 15) is 8.42 Å². The summed E-state index contributed by atoms with van der Waals surface area (Å²) in [5.41, 5.74) is 3.94. The maximum Gasteiger partial charge on any atom is 0.397 e. The molecule has 23 heavy (non-hydrogen) atoms. The van der Waals surface area contributed by atoms with Crippen LogP contribution in [0.2, 0.25) is 0 Å². The lowest BCUT2D eigenvalue weighted by atomic mass is 10.1. The van der Waals surface area contributed by atoms with E-state index in [0.29, 0.717) is 6.42 Å². The number of hydrogen-bond acceptors (Lipinski definition) is 7. The summed E-state index contributed by atoms with van der Waals surface area (Å²) in [5.74, 6) is 0. The normalized spacial score (nSPS) is 11.9. The van der Waals surface area contributed by atoms with Crippen molar-refractivity contribution in [1.82, 2.24) is 0 Å². The van der Waals surface area contributed by atoms with Crippen LogP contribution >= 0.6 is 0 Å². The van der Waals surface area contributed by atoms with Crippen LogP contribution in [0, 0.1) is 0 Å². The Labute approximate surface area is 139 Å². The minimum Gasteiger partial charge on any atom is -0.394 e. The van der Waals surface area contributed by atoms with E-state index in [1.807, 2.05) is 0 Å². The molecule has 0 aromatic carbocycles. The van der Waals surface area contributed by atoms with Gasteiger partial charge in [0.15, 0.2) is 0 Å². The van der Waals surface area contributed by atoms with Crippen molar-refractivity contribution < 1.29 is 32.5 Å². The molecule has 6 N–H and O–H groups in total. The Hall–Kier alpha value is -0.290. The highest BCUT2D eigenvalue weighted by molar-refractivity contribution is 7.80. The van der Waals surface area contributed by atoms with Crippen LogP contribution < -0.4 is 5.73 Å². The van der Waals surface area contributed by atoms with Gasteiger partial charge in [-0.3, -0.25) is 4.55 Å². The van der Waals surface area contributed by atoms with E-state index in [1.165, 1.54) is 32.1 Å². The molecule has 0 radical (unpaired) electrons. The third kappa shape index (κ3) is 19.7. The third-order valence-electron chi connectivity index (χ3n) is 3.17. The van der Waals surface area contributed by atoms with Crippen LogP contribution in [-0.2, 0) is 14.6 Å². The summed E-state index contributed by atoms with van der Waals surface area (Å²) in [6, 6.07) is 0. The van der Waals surface area contributed by atoms with Crippen molar-refractivity contribution in [3.05, 3.63) is 0 Å². The van der Waals surface area contributed by atoms with E-state index in [0.717, 1.165) is 12.8 Å². The first-order valence-electron chi connectivity index (χ1n) is 7.98. The van der Waals surface area contributed by atoms with Crippen LogP contribution in [0.1, 0.15) is 58.3 Å². The molecule has 0 aliphatic rings. The fourth-order valence-corrected chi connectivity index (χ4v) is 1.88. The molecule has 0 rings (SSSR count). The molecule has 0 saturated heterocycles. The first-order valence-corrected chi connectivity index (χ1v) is 9.34. The molecule has 0 aromatic rings. The lowest BCUT2D eigenvalue weighted by Gasteiger charge is -2.20. The van der Waals surface area contributed by atoms with Crippen LogP contribution in [0.5, 0.6) is 0 Å². The first-order chi connectivity index (χ1) is 10.7. The quantitative estimate of drug-likeness (QED) is 0.237. The standard InChI is InChI=1S/C10H22O4S.C4H11NO3/c1-2-3-4-5-6-7-8-9-10-14-15(11,12)13;5-4(1-6,2-7)3-8/h2-10H2,1H3,(H,11,12,13);6-8H,1-3,5H2. The average Bonchev–Trinajstić information content (AvgIpc) is 2.52. The van der Waals surface area contributed by atoms with Gasteiger partial charge in [-0.15, -0.1) is 0 Å². The molecule has 0 unspecified atom stereocenters. The second kappa shape index (κ2) is 15.3. The molecule has 9 heteroatoms. The fraction of sp³-hybridized carbons (Fsp3) is 1.00. The van der Waals surface area contributed by atoms with Gasteiger partial charge in [-0.1, -0.05) is 51.9 Å². The molecule has 0 aliphatic carbocycles. The summed E-state index contributed by atoms with van der Waals surface area (Å²) in [5, 5.41) is 25.0. The molecule has 0 bridgehead atoms. The number of nitrogens with two attached hydrogens (primary N) is 1. The molecule has 142 valence electrons. The Balaban J connectivity index is 0. The Morgan fingerprint density at radius 2 is 1.26 bits per heavy atom. The van der Waals surface area contributed by atoms with Crippen LogP contribution in [-0.4, -0.2) is 60.3 Å². The molecule has 0 fully saturated rings. The smallest absolute Gasteiger partial charge is 0.394 e. The lowest BCUT2D eigenvalue weighted by molar-refractivity contribution is 0.0697. The Kier molecular flexibility index (Phi) is 16.5. The van der Waals surface area contributed by atoms with Crippen LogP contribution in [0.3, 0.4) is 0 Å². The van der Waals surface area contributed by atoms with Crippen LogP contribution in [0.15, 0.2) is 0 Å². The monoisotopic (exact) mass is 359 g/mol. The van der Waals surface area contributed by atoms with Crippen molar-refractivity contribution in [2.45, 2.75) is 63.8 Å². The van der Waals surface area contributed by atoms with Crippen molar-refractivity contribution in [1.29, 1.82) is 0 Å². The topological polar surface area (TPSA) is 150 Å². The zero-order valence-electron chi connectivity index (χ0n) is 14.0. The minimum absolute atomic E-state index is 0.0911. The van der Waals surface area contributed by atoms with Gasteiger partial charge in [0.25, 0.3) is 0 Å². The van der Waals surface area contributed by atoms with E-state index in [1.54, 1.807) is 0 Å². The lowest BCUT2D eigenvalue weighted by Crippen LogP contribution is -2.50.